The van der Waals surface area contributed by atoms with E-state index in [1.807, 2.05) is 71.4 Å². The molecule has 38 heavy (non-hydrogen) atoms. The Bertz CT molecular complexity index is 1610. The van der Waals surface area contributed by atoms with Crippen molar-refractivity contribution >= 4 is 28.3 Å². The number of para-hydroxylation sites is 1. The first-order chi connectivity index (χ1) is 18.7. The fourth-order valence-electron chi connectivity index (χ4n) is 5.03. The highest BCUT2D eigenvalue weighted by Crippen LogP contribution is 2.38. The van der Waals surface area contributed by atoms with Gasteiger partial charge in [0.25, 0.3) is 5.91 Å². The second kappa shape index (κ2) is 10.3. The van der Waals surface area contributed by atoms with E-state index >= 15 is 0 Å². The van der Waals surface area contributed by atoms with E-state index in [1.54, 1.807) is 30.9 Å². The third kappa shape index (κ3) is 4.66. The smallest absolute Gasteiger partial charge is 0.257 e. The van der Waals surface area contributed by atoms with Crippen molar-refractivity contribution in [2.24, 2.45) is 0 Å². The third-order valence-electron chi connectivity index (χ3n) is 6.90. The second-order valence-electron chi connectivity index (χ2n) is 9.35. The van der Waals surface area contributed by atoms with Gasteiger partial charge >= 0.3 is 0 Å². The summed E-state index contributed by atoms with van der Waals surface area (Å²) in [7, 11) is 0. The van der Waals surface area contributed by atoms with Crippen LogP contribution in [0.5, 0.6) is 5.75 Å². The van der Waals surface area contributed by atoms with E-state index < -0.39 is 0 Å². The summed E-state index contributed by atoms with van der Waals surface area (Å²) in [5.74, 6) is 0.309. The van der Waals surface area contributed by atoms with Crippen LogP contribution in [0.1, 0.15) is 50.8 Å². The molecule has 1 amide bonds. The van der Waals surface area contributed by atoms with Gasteiger partial charge in [-0.3, -0.25) is 14.6 Å². The molecule has 0 spiro atoms. The first-order valence-corrected chi connectivity index (χ1v) is 12.7. The van der Waals surface area contributed by atoms with Gasteiger partial charge in [-0.15, -0.1) is 0 Å². The molecule has 0 saturated carbocycles. The molecule has 3 aromatic carbocycles. The fraction of sp³-hybridized carbons (Fsp3) is 0.161. The predicted octanol–water partition coefficient (Wildman–Crippen LogP) is 6.02. The molecule has 0 bridgehead atoms. The summed E-state index contributed by atoms with van der Waals surface area (Å²) in [5, 5.41) is 3.99. The molecule has 7 heteroatoms. The van der Waals surface area contributed by atoms with E-state index in [0.717, 1.165) is 22.9 Å². The molecule has 7 nitrogen and oxygen atoms in total. The number of pyridine rings is 1. The number of hydrogen-bond donors (Lipinski definition) is 1. The Morgan fingerprint density at radius 3 is 2.68 bits per heavy atom. The van der Waals surface area contributed by atoms with Crippen LogP contribution in [0.15, 0.2) is 97.7 Å². The summed E-state index contributed by atoms with van der Waals surface area (Å²) >= 11 is 0. The van der Waals surface area contributed by atoms with Crippen molar-refractivity contribution in [1.82, 2.24) is 14.5 Å². The topological polar surface area (TPSA) is 86.1 Å². The highest BCUT2D eigenvalue weighted by Gasteiger charge is 2.26. The molecule has 188 valence electrons. The normalized spacial score (nSPS) is 13.6. The van der Waals surface area contributed by atoms with Crippen molar-refractivity contribution < 1.29 is 14.3 Å². The summed E-state index contributed by atoms with van der Waals surface area (Å²) < 4.78 is 8.60. The number of nitrogens with one attached hydrogen (secondary N) is 1. The number of benzene rings is 3. The van der Waals surface area contributed by atoms with E-state index in [0.29, 0.717) is 47.5 Å². The van der Waals surface area contributed by atoms with Gasteiger partial charge in [0.05, 0.1) is 29.6 Å². The van der Waals surface area contributed by atoms with E-state index in [4.69, 9.17) is 4.74 Å². The van der Waals surface area contributed by atoms with Gasteiger partial charge in [-0.1, -0.05) is 48.5 Å². The first kappa shape index (κ1) is 23.6. The molecule has 6 rings (SSSR count). The molecule has 1 aliphatic rings. The van der Waals surface area contributed by atoms with Crippen molar-refractivity contribution in [3.63, 3.8) is 0 Å². The Kier molecular flexibility index (Phi) is 6.40. The van der Waals surface area contributed by atoms with Crippen molar-refractivity contribution in [1.29, 1.82) is 0 Å². The molecule has 2 aromatic heterocycles. The zero-order valence-electron chi connectivity index (χ0n) is 20.7. The van der Waals surface area contributed by atoms with Gasteiger partial charge in [0.2, 0.25) is 0 Å². The zero-order chi connectivity index (χ0) is 25.9. The van der Waals surface area contributed by atoms with E-state index in [9.17, 15) is 9.59 Å². The maximum absolute atomic E-state index is 13.7. The molecule has 1 unspecified atom stereocenters. The van der Waals surface area contributed by atoms with Crippen LogP contribution < -0.4 is 10.1 Å². The molecular weight excluding hydrogens is 476 g/mol. The van der Waals surface area contributed by atoms with Gasteiger partial charge in [0.15, 0.2) is 5.78 Å². The molecule has 0 saturated heterocycles. The highest BCUT2D eigenvalue weighted by atomic mass is 16.5. The van der Waals surface area contributed by atoms with Crippen LogP contribution in [0.3, 0.4) is 0 Å². The lowest BCUT2D eigenvalue weighted by atomic mass is 9.89. The predicted molar refractivity (Wildman–Crippen MR) is 145 cm³/mol. The van der Waals surface area contributed by atoms with Crippen molar-refractivity contribution in [3.05, 3.63) is 120 Å². The van der Waals surface area contributed by atoms with Crippen LogP contribution in [-0.2, 0) is 13.0 Å². The molecule has 5 aromatic rings. The lowest BCUT2D eigenvalue weighted by Crippen LogP contribution is -2.21. The van der Waals surface area contributed by atoms with Crippen LogP contribution in [0.2, 0.25) is 0 Å². The number of rotatable bonds is 7. The number of hydrogen-bond acceptors (Lipinski definition) is 5. The maximum atomic E-state index is 13.7. The quantitative estimate of drug-likeness (QED) is 0.294. The molecule has 1 N–H and O–H groups in total. The zero-order valence-corrected chi connectivity index (χ0v) is 20.7. The van der Waals surface area contributed by atoms with Gasteiger partial charge in [-0.2, -0.15) is 0 Å². The number of ether oxygens (including phenoxy) is 1. The van der Waals surface area contributed by atoms with E-state index in [-0.39, 0.29) is 17.8 Å². The Balaban J connectivity index is 1.41. The number of aromatic nitrogens is 3. The van der Waals surface area contributed by atoms with Crippen LogP contribution in [-0.4, -0.2) is 26.2 Å². The monoisotopic (exact) mass is 502 g/mol. The SMILES string of the molecule is O=C1CCCc2c1ccc(OC(Cn1ccnc1)c1ccccc1)c2NC(=O)c1cccc2cccnc12. The summed E-state index contributed by atoms with van der Waals surface area (Å²) in [6.07, 6.45) is 8.61. The third-order valence-corrected chi connectivity index (χ3v) is 6.90. The number of amides is 1. The molecule has 2 heterocycles. The van der Waals surface area contributed by atoms with Crippen LogP contribution in [0.4, 0.5) is 5.69 Å². The number of nitrogens with zero attached hydrogens (tertiary/aromatic N) is 3. The molecule has 0 radical (unpaired) electrons. The molecule has 1 atom stereocenters. The van der Waals surface area contributed by atoms with Crippen LogP contribution in [0, 0.1) is 0 Å². The average molecular weight is 503 g/mol. The first-order valence-electron chi connectivity index (χ1n) is 12.7. The molecular formula is C31H26N4O3. The molecule has 1 aliphatic carbocycles. The van der Waals surface area contributed by atoms with Gasteiger partial charge < -0.3 is 14.6 Å². The van der Waals surface area contributed by atoms with E-state index in [1.165, 1.54) is 0 Å². The second-order valence-corrected chi connectivity index (χ2v) is 9.35. The Labute approximate surface area is 220 Å². The van der Waals surface area contributed by atoms with Gasteiger partial charge in [-0.25, -0.2) is 4.98 Å². The molecule has 0 aliphatic heterocycles. The Morgan fingerprint density at radius 1 is 0.974 bits per heavy atom. The number of carbonyl (C=O) groups is 2. The number of ketones is 1. The van der Waals surface area contributed by atoms with Crippen molar-refractivity contribution in [2.45, 2.75) is 31.9 Å². The minimum atomic E-state index is -0.349. The number of carbonyl (C=O) groups excluding carboxylic acids is 2. The minimum absolute atomic E-state index is 0.0816. The summed E-state index contributed by atoms with van der Waals surface area (Å²) in [5.41, 5.74) is 4.08. The number of anilines is 1. The fourth-order valence-corrected chi connectivity index (χ4v) is 5.03. The summed E-state index contributed by atoms with van der Waals surface area (Å²) in [6.45, 7) is 0.528. The standard InChI is InChI=1S/C31H26N4O3/c36-26-13-5-11-24-23(26)14-15-27(38-28(19-35-18-17-32-20-35)21-7-2-1-3-8-21)30(24)34-31(37)25-12-4-9-22-10-6-16-33-29(22)25/h1-4,6-10,12,14-18,20,28H,5,11,13,19H2,(H,34,37). The highest BCUT2D eigenvalue weighted by molar-refractivity contribution is 6.13. The maximum Gasteiger partial charge on any atom is 0.257 e. The minimum Gasteiger partial charge on any atom is -0.482 e. The number of imidazole rings is 1. The van der Waals surface area contributed by atoms with Crippen LogP contribution >= 0.6 is 0 Å². The number of fused-ring (bicyclic) bond motifs is 2. The Morgan fingerprint density at radius 2 is 1.84 bits per heavy atom. The van der Waals surface area contributed by atoms with Crippen molar-refractivity contribution in [2.75, 3.05) is 5.32 Å². The average Bonchev–Trinajstić information content (AvgIpc) is 3.47. The van der Waals surface area contributed by atoms with Gasteiger partial charge in [0, 0.05) is 36.0 Å². The summed E-state index contributed by atoms with van der Waals surface area (Å²) in [4.78, 5) is 35.0. The summed E-state index contributed by atoms with van der Waals surface area (Å²) in [6, 6.07) is 22.9. The van der Waals surface area contributed by atoms with Gasteiger partial charge in [-0.05, 0) is 48.2 Å². The lowest BCUT2D eigenvalue weighted by Gasteiger charge is -2.26. The Hall–Kier alpha value is -4.78. The largest absolute Gasteiger partial charge is 0.482 e. The molecule has 0 fully saturated rings. The van der Waals surface area contributed by atoms with E-state index in [2.05, 4.69) is 15.3 Å². The van der Waals surface area contributed by atoms with Crippen molar-refractivity contribution in [3.8, 4) is 5.75 Å². The number of Topliss-reactive ketones (excluding diaryl/α,β-unsaturated/α-hetero) is 1. The van der Waals surface area contributed by atoms with Gasteiger partial charge in [0.1, 0.15) is 11.9 Å². The van der Waals surface area contributed by atoms with Crippen LogP contribution in [0.25, 0.3) is 10.9 Å². The lowest BCUT2D eigenvalue weighted by molar-refractivity contribution is 0.0969.